The first-order valence-corrected chi connectivity index (χ1v) is 11.8. The quantitative estimate of drug-likeness (QED) is 0.565. The number of nitrogens with zero attached hydrogens (tertiary/aromatic N) is 3. The Labute approximate surface area is 198 Å². The van der Waals surface area contributed by atoms with Crippen LogP contribution in [0.1, 0.15) is 36.2 Å². The summed E-state index contributed by atoms with van der Waals surface area (Å²) < 4.78 is 1.83. The van der Waals surface area contributed by atoms with E-state index in [-0.39, 0.29) is 33.0 Å². The molecule has 1 N–H and O–H groups in total. The Morgan fingerprint density at radius 2 is 2.03 bits per heavy atom. The molecule has 4 rings (SSSR count). The monoisotopic (exact) mass is 598 g/mol. The average Bonchev–Trinajstić information content (AvgIpc) is 3.08. The van der Waals surface area contributed by atoms with E-state index in [0.29, 0.717) is 13.0 Å². The minimum absolute atomic E-state index is 0. The van der Waals surface area contributed by atoms with Gasteiger partial charge in [-0.2, -0.15) is 24.9 Å². The number of carbonyl (C=O) groups excluding carboxylic acids is 1. The van der Waals surface area contributed by atoms with Crippen LogP contribution in [0.25, 0.3) is 21.8 Å². The van der Waals surface area contributed by atoms with Crippen molar-refractivity contribution in [1.29, 1.82) is 0 Å². The summed E-state index contributed by atoms with van der Waals surface area (Å²) >= 11 is 1.70. The van der Waals surface area contributed by atoms with E-state index in [4.69, 9.17) is 0 Å². The predicted molar refractivity (Wildman–Crippen MR) is 124 cm³/mol. The van der Waals surface area contributed by atoms with Gasteiger partial charge in [-0.15, -0.1) is 0 Å². The smallest absolute Gasteiger partial charge is 0.231 e. The molecule has 1 aromatic heterocycles. The number of thioether (sulfide) groups is 1. The summed E-state index contributed by atoms with van der Waals surface area (Å²) in [6.45, 7) is 6.69. The van der Waals surface area contributed by atoms with Crippen LogP contribution in [0.5, 0.6) is 0 Å². The molecule has 0 bridgehead atoms. The van der Waals surface area contributed by atoms with Crippen molar-refractivity contribution in [2.75, 3.05) is 38.7 Å². The second kappa shape index (κ2) is 11.6. The Bertz CT molecular complexity index is 894. The van der Waals surface area contributed by atoms with Gasteiger partial charge in [0.15, 0.2) is 0 Å². The molecule has 0 radical (unpaired) electrons. The molecule has 0 unspecified atom stereocenters. The Balaban J connectivity index is 0.000000482. The van der Waals surface area contributed by atoms with Gasteiger partial charge in [0, 0.05) is 57.4 Å². The molecule has 2 aromatic rings. The number of hydrogen-bond acceptors (Lipinski definition) is 4. The Morgan fingerprint density at radius 3 is 2.67 bits per heavy atom. The van der Waals surface area contributed by atoms with Gasteiger partial charge < -0.3 is 10.4 Å². The van der Waals surface area contributed by atoms with Crippen molar-refractivity contribution in [1.82, 2.24) is 9.47 Å². The largest absolute Gasteiger partial charge is 0.663 e. The van der Waals surface area contributed by atoms with Crippen molar-refractivity contribution < 1.29 is 31.0 Å². The van der Waals surface area contributed by atoms with E-state index in [1.54, 1.807) is 11.8 Å². The summed E-state index contributed by atoms with van der Waals surface area (Å²) in [5, 5.41) is 15.3. The molecular formula is C23H32N3O2SW-. The van der Waals surface area contributed by atoms with Crippen LogP contribution in [-0.4, -0.2) is 71.3 Å². The second-order valence-corrected chi connectivity index (χ2v) is 8.55. The molecule has 0 fully saturated rings. The van der Waals surface area contributed by atoms with Gasteiger partial charge in [-0.3, -0.25) is 14.3 Å². The third-order valence-electron chi connectivity index (χ3n) is 5.61. The van der Waals surface area contributed by atoms with Gasteiger partial charge in [-0.25, -0.2) is 0 Å². The standard InChI is InChI=1S/C19H22N2O2S.C4H10N.W/c1-20-11-13(22)9-15-14-4-3-5-16-19(14)12(8-17(15)20)10-21(16)18(23)6-7-24-2;1-3-5-4-2;/h3-5,9-10,13,17,22H,6-8,11H2,1-2H3;3-4H2,1-2H3;/q;-1;/t13-,17-;;/m1../s1. The van der Waals surface area contributed by atoms with E-state index in [2.05, 4.69) is 23.3 Å². The molecule has 0 spiro atoms. The molecule has 1 aromatic carbocycles. The molecule has 2 atom stereocenters. The minimum Gasteiger partial charge on any atom is -0.663 e. The van der Waals surface area contributed by atoms with Crippen LogP contribution < -0.4 is 0 Å². The van der Waals surface area contributed by atoms with E-state index in [1.807, 2.05) is 49.1 Å². The number of benzene rings is 1. The van der Waals surface area contributed by atoms with E-state index in [1.165, 1.54) is 22.1 Å². The maximum Gasteiger partial charge on any atom is 0.231 e. The first kappa shape index (κ1) is 25.3. The van der Waals surface area contributed by atoms with Crippen LogP contribution in [0.15, 0.2) is 30.5 Å². The summed E-state index contributed by atoms with van der Waals surface area (Å²) in [5.74, 6) is 1.00. The Kier molecular flexibility index (Phi) is 9.83. The fourth-order valence-corrected chi connectivity index (χ4v) is 4.66. The number of aliphatic hydroxyl groups excluding tert-OH is 1. The van der Waals surface area contributed by atoms with E-state index in [0.717, 1.165) is 30.8 Å². The normalized spacial score (nSPS) is 20.0. The molecule has 30 heavy (non-hydrogen) atoms. The zero-order valence-corrected chi connectivity index (χ0v) is 22.0. The van der Waals surface area contributed by atoms with Crippen molar-refractivity contribution in [3.05, 3.63) is 46.9 Å². The zero-order chi connectivity index (χ0) is 21.0. The van der Waals surface area contributed by atoms with E-state index < -0.39 is 6.10 Å². The van der Waals surface area contributed by atoms with Crippen molar-refractivity contribution in [3.63, 3.8) is 0 Å². The SMILES string of the molecule is CC[N-]CC.CSCCC(=O)n1cc2c3c(cccc31)C1=C[C@@H](O)CN(C)[C@@H]1C2.[W]. The second-order valence-electron chi connectivity index (χ2n) is 7.57. The van der Waals surface area contributed by atoms with E-state index >= 15 is 0 Å². The molecule has 5 nitrogen and oxygen atoms in total. The van der Waals surface area contributed by atoms with Crippen molar-refractivity contribution >= 4 is 34.1 Å². The van der Waals surface area contributed by atoms with Gasteiger partial charge >= 0.3 is 0 Å². The molecule has 7 heteroatoms. The third-order valence-corrected chi connectivity index (χ3v) is 6.22. The first-order chi connectivity index (χ1) is 14.0. The summed E-state index contributed by atoms with van der Waals surface area (Å²) in [6.07, 6.45) is 7.08. The molecule has 164 valence electrons. The summed E-state index contributed by atoms with van der Waals surface area (Å²) in [4.78, 5) is 14.8. The van der Waals surface area contributed by atoms with Crippen LogP contribution in [0, 0.1) is 0 Å². The number of aromatic nitrogens is 1. The zero-order valence-electron chi connectivity index (χ0n) is 18.3. The fraction of sp³-hybridized carbons (Fsp3) is 0.522. The van der Waals surface area contributed by atoms with Crippen LogP contribution in [0.4, 0.5) is 0 Å². The molecule has 0 saturated carbocycles. The number of fused-ring (bicyclic) bond motifs is 2. The summed E-state index contributed by atoms with van der Waals surface area (Å²) in [7, 11) is 2.06. The van der Waals surface area contributed by atoms with Crippen molar-refractivity contribution in [2.45, 2.75) is 38.8 Å². The molecule has 1 aliphatic heterocycles. The number of aliphatic hydroxyl groups is 1. The number of hydrogen-bond donors (Lipinski definition) is 1. The Hall–Kier alpha value is -0.912. The van der Waals surface area contributed by atoms with Gasteiger partial charge in [-0.1, -0.05) is 26.0 Å². The number of β-amino-alcohol motifs (C(OH)–C–C–N with tert-alkyl or cyclic N) is 1. The number of carbonyl (C=O) groups is 1. The molecule has 1 aliphatic carbocycles. The van der Waals surface area contributed by atoms with Crippen molar-refractivity contribution in [3.8, 4) is 0 Å². The molecular weight excluding hydrogens is 566 g/mol. The summed E-state index contributed by atoms with van der Waals surface area (Å²) in [6, 6.07) is 6.45. The van der Waals surface area contributed by atoms with E-state index in [9.17, 15) is 9.90 Å². The van der Waals surface area contributed by atoms with Crippen LogP contribution >= 0.6 is 11.8 Å². The Morgan fingerprint density at radius 1 is 1.30 bits per heavy atom. The third kappa shape index (κ3) is 5.28. The topological polar surface area (TPSA) is 59.6 Å². The van der Waals surface area contributed by atoms with Crippen LogP contribution in [-0.2, 0) is 27.5 Å². The minimum atomic E-state index is -0.427. The average molecular weight is 598 g/mol. The molecule has 0 amide bonds. The number of likely N-dealkylation sites (N-methyl/N-ethyl adjacent to an activating group) is 1. The maximum atomic E-state index is 12.6. The molecule has 2 aliphatic rings. The van der Waals surface area contributed by atoms with Crippen molar-refractivity contribution in [2.24, 2.45) is 0 Å². The maximum absolute atomic E-state index is 12.6. The van der Waals surface area contributed by atoms with Gasteiger partial charge in [-0.05, 0) is 48.6 Å². The van der Waals surface area contributed by atoms with Gasteiger partial charge in [0.05, 0.1) is 11.6 Å². The fourth-order valence-electron chi connectivity index (χ4n) is 4.28. The van der Waals surface area contributed by atoms with Crippen LogP contribution in [0.3, 0.4) is 0 Å². The van der Waals surface area contributed by atoms with Gasteiger partial charge in [0.25, 0.3) is 0 Å². The van der Waals surface area contributed by atoms with Gasteiger partial charge in [0.1, 0.15) is 0 Å². The molecule has 2 heterocycles. The molecule has 0 saturated heterocycles. The first-order valence-electron chi connectivity index (χ1n) is 10.4. The number of rotatable bonds is 5. The van der Waals surface area contributed by atoms with Gasteiger partial charge in [0.2, 0.25) is 5.91 Å². The summed E-state index contributed by atoms with van der Waals surface area (Å²) in [5.41, 5.74) is 4.60. The van der Waals surface area contributed by atoms with Crippen LogP contribution in [0.2, 0.25) is 0 Å². The predicted octanol–water partition coefficient (Wildman–Crippen LogP) is 4.05.